The number of aliphatic hydroxyl groups is 1. The van der Waals surface area contributed by atoms with Gasteiger partial charge in [-0.15, -0.1) is 0 Å². The van der Waals surface area contributed by atoms with E-state index in [4.69, 9.17) is 0 Å². The topological polar surface area (TPSA) is 103 Å². The number of hydrogen-bond donors (Lipinski definition) is 3. The second kappa shape index (κ2) is 6.54. The molecule has 2 aliphatic heterocycles. The van der Waals surface area contributed by atoms with E-state index >= 15 is 0 Å². The van der Waals surface area contributed by atoms with Gasteiger partial charge in [0.1, 0.15) is 5.75 Å². The first kappa shape index (κ1) is 15.7. The van der Waals surface area contributed by atoms with Gasteiger partial charge < -0.3 is 20.4 Å². The minimum Gasteiger partial charge on any atom is -0.505 e. The maximum atomic E-state index is 12.4. The predicted molar refractivity (Wildman–Crippen MR) is 81.7 cm³/mol. The number of piperidine rings is 1. The van der Waals surface area contributed by atoms with Crippen LogP contribution in [-0.4, -0.2) is 56.6 Å². The third-order valence-corrected chi connectivity index (χ3v) is 4.62. The zero-order valence-corrected chi connectivity index (χ0v) is 12.8. The molecule has 0 radical (unpaired) electrons. The third kappa shape index (κ3) is 3.29. The Morgan fingerprint density at radius 2 is 2.00 bits per heavy atom. The van der Waals surface area contributed by atoms with E-state index in [1.165, 1.54) is 18.3 Å². The van der Waals surface area contributed by atoms with E-state index in [0.717, 1.165) is 12.8 Å². The zero-order valence-electron chi connectivity index (χ0n) is 12.8. The molecule has 0 aliphatic carbocycles. The van der Waals surface area contributed by atoms with Crippen molar-refractivity contribution in [2.75, 3.05) is 6.54 Å². The largest absolute Gasteiger partial charge is 0.505 e. The van der Waals surface area contributed by atoms with Crippen molar-refractivity contribution in [3.63, 3.8) is 0 Å². The first-order valence-electron chi connectivity index (χ1n) is 7.97. The maximum absolute atomic E-state index is 12.4. The number of carbonyl (C=O) groups is 2. The van der Waals surface area contributed by atoms with E-state index in [9.17, 15) is 19.8 Å². The molecule has 2 fully saturated rings. The molecule has 1 unspecified atom stereocenters. The van der Waals surface area contributed by atoms with Crippen molar-refractivity contribution in [2.45, 2.75) is 50.3 Å². The number of aliphatic hydroxyl groups excluding tert-OH is 1. The lowest BCUT2D eigenvalue weighted by Crippen LogP contribution is -2.48. The highest BCUT2D eigenvalue weighted by atomic mass is 16.3. The molecule has 3 atom stereocenters. The Labute approximate surface area is 134 Å². The van der Waals surface area contributed by atoms with Gasteiger partial charge in [0.15, 0.2) is 5.69 Å². The molecule has 3 heterocycles. The van der Waals surface area contributed by atoms with E-state index in [1.807, 2.05) is 4.90 Å². The van der Waals surface area contributed by atoms with Crippen molar-refractivity contribution in [3.8, 4) is 5.75 Å². The number of amides is 2. The van der Waals surface area contributed by atoms with Gasteiger partial charge in [-0.2, -0.15) is 0 Å². The Hall–Kier alpha value is -2.15. The molecule has 0 aromatic carbocycles. The van der Waals surface area contributed by atoms with E-state index < -0.39 is 5.91 Å². The van der Waals surface area contributed by atoms with E-state index in [0.29, 0.717) is 12.8 Å². The molecule has 0 spiro atoms. The Kier molecular flexibility index (Phi) is 4.47. The summed E-state index contributed by atoms with van der Waals surface area (Å²) >= 11 is 0. The minimum atomic E-state index is -0.493. The van der Waals surface area contributed by atoms with Crippen molar-refractivity contribution >= 4 is 11.8 Å². The molecule has 124 valence electrons. The fourth-order valence-electron chi connectivity index (χ4n) is 3.62. The summed E-state index contributed by atoms with van der Waals surface area (Å²) in [4.78, 5) is 30.0. The smallest absolute Gasteiger partial charge is 0.273 e. The number of aromatic hydroxyl groups is 1. The highest BCUT2D eigenvalue weighted by molar-refractivity contribution is 5.94. The molecule has 2 amide bonds. The van der Waals surface area contributed by atoms with Crippen LogP contribution in [0.15, 0.2) is 18.3 Å². The van der Waals surface area contributed by atoms with Crippen LogP contribution in [0, 0.1) is 0 Å². The van der Waals surface area contributed by atoms with Crippen LogP contribution in [0.25, 0.3) is 0 Å². The first-order valence-corrected chi connectivity index (χ1v) is 7.97. The number of pyridine rings is 1. The summed E-state index contributed by atoms with van der Waals surface area (Å²) in [5, 5.41) is 21.9. The lowest BCUT2D eigenvalue weighted by molar-refractivity contribution is -0.137. The monoisotopic (exact) mass is 319 g/mol. The third-order valence-electron chi connectivity index (χ3n) is 4.62. The summed E-state index contributed by atoms with van der Waals surface area (Å²) in [7, 11) is 0. The second-order valence-corrected chi connectivity index (χ2v) is 6.19. The predicted octanol–water partition coefficient (Wildman–Crippen LogP) is 0.421. The average molecular weight is 319 g/mol. The van der Waals surface area contributed by atoms with Crippen LogP contribution in [-0.2, 0) is 4.79 Å². The van der Waals surface area contributed by atoms with Crippen LogP contribution in [0.2, 0.25) is 0 Å². The van der Waals surface area contributed by atoms with Crippen molar-refractivity contribution in [1.29, 1.82) is 0 Å². The van der Waals surface area contributed by atoms with Crippen LogP contribution in [0.5, 0.6) is 5.75 Å². The van der Waals surface area contributed by atoms with Gasteiger partial charge in [-0.1, -0.05) is 0 Å². The lowest BCUT2D eigenvalue weighted by atomic mass is 9.99. The van der Waals surface area contributed by atoms with Gasteiger partial charge in [0, 0.05) is 31.2 Å². The molecule has 3 rings (SSSR count). The fourth-order valence-corrected chi connectivity index (χ4v) is 3.62. The zero-order chi connectivity index (χ0) is 16.4. The molecular formula is C16H21N3O4. The van der Waals surface area contributed by atoms with Crippen molar-refractivity contribution in [2.24, 2.45) is 0 Å². The summed E-state index contributed by atoms with van der Waals surface area (Å²) in [6.45, 7) is 0.201. The number of rotatable bonds is 4. The summed E-state index contributed by atoms with van der Waals surface area (Å²) in [6.07, 6.45) is 4.53. The SMILES string of the molecule is O=C(NCCC(=O)N1[C@@H]2CC[C@H]1CC(O)C2)c1ncccc1O. The van der Waals surface area contributed by atoms with Crippen LogP contribution >= 0.6 is 0 Å². The molecular weight excluding hydrogens is 298 g/mol. The van der Waals surface area contributed by atoms with Gasteiger partial charge >= 0.3 is 0 Å². The summed E-state index contributed by atoms with van der Waals surface area (Å²) < 4.78 is 0. The highest BCUT2D eigenvalue weighted by Crippen LogP contribution is 2.36. The molecule has 0 saturated carbocycles. The Morgan fingerprint density at radius 1 is 1.30 bits per heavy atom. The quantitative estimate of drug-likeness (QED) is 0.746. The first-order chi connectivity index (χ1) is 11.1. The molecule has 1 aromatic rings. The standard InChI is InChI=1S/C16H21N3O4/c20-12-8-10-3-4-11(9-12)19(10)14(22)5-7-18-16(23)15-13(21)2-1-6-17-15/h1-2,6,10-12,20-21H,3-5,7-9H2,(H,18,23)/t10-,11+,12?. The summed E-state index contributed by atoms with van der Waals surface area (Å²) in [5.41, 5.74) is -0.0406. The molecule has 7 nitrogen and oxygen atoms in total. The molecule has 2 aliphatic rings. The van der Waals surface area contributed by atoms with Crippen LogP contribution < -0.4 is 5.32 Å². The van der Waals surface area contributed by atoms with Crippen LogP contribution in [0.4, 0.5) is 0 Å². The minimum absolute atomic E-state index is 0.00921. The van der Waals surface area contributed by atoms with Gasteiger partial charge in [-0.3, -0.25) is 9.59 Å². The Morgan fingerprint density at radius 3 is 2.65 bits per heavy atom. The average Bonchev–Trinajstić information content (AvgIpc) is 2.79. The van der Waals surface area contributed by atoms with E-state index in [1.54, 1.807) is 0 Å². The second-order valence-electron chi connectivity index (χ2n) is 6.19. The molecule has 2 saturated heterocycles. The van der Waals surface area contributed by atoms with Gasteiger partial charge in [0.25, 0.3) is 5.91 Å². The van der Waals surface area contributed by atoms with Crippen molar-refractivity contribution < 1.29 is 19.8 Å². The van der Waals surface area contributed by atoms with Gasteiger partial charge in [-0.05, 0) is 37.8 Å². The number of hydrogen-bond acceptors (Lipinski definition) is 5. The van der Waals surface area contributed by atoms with Crippen LogP contribution in [0.3, 0.4) is 0 Å². The normalized spacial score (nSPS) is 26.1. The molecule has 23 heavy (non-hydrogen) atoms. The lowest BCUT2D eigenvalue weighted by Gasteiger charge is -2.37. The van der Waals surface area contributed by atoms with E-state index in [-0.39, 0.29) is 48.5 Å². The maximum Gasteiger partial charge on any atom is 0.273 e. The molecule has 1 aromatic heterocycles. The van der Waals surface area contributed by atoms with Crippen molar-refractivity contribution in [1.82, 2.24) is 15.2 Å². The molecule has 2 bridgehead atoms. The number of carbonyl (C=O) groups excluding carboxylic acids is 2. The molecule has 3 N–H and O–H groups in total. The number of nitrogens with zero attached hydrogens (tertiary/aromatic N) is 2. The van der Waals surface area contributed by atoms with E-state index in [2.05, 4.69) is 10.3 Å². The summed E-state index contributed by atoms with van der Waals surface area (Å²) in [5.74, 6) is -0.665. The fraction of sp³-hybridized carbons (Fsp3) is 0.562. The van der Waals surface area contributed by atoms with Gasteiger partial charge in [0.05, 0.1) is 6.10 Å². The molecule has 7 heteroatoms. The van der Waals surface area contributed by atoms with Gasteiger partial charge in [0.2, 0.25) is 5.91 Å². The number of fused-ring (bicyclic) bond motifs is 2. The highest BCUT2D eigenvalue weighted by Gasteiger charge is 2.42. The van der Waals surface area contributed by atoms with Crippen molar-refractivity contribution in [3.05, 3.63) is 24.0 Å². The van der Waals surface area contributed by atoms with Crippen LogP contribution in [0.1, 0.15) is 42.6 Å². The Bertz CT molecular complexity index is 593. The number of aromatic nitrogens is 1. The summed E-state index contributed by atoms with van der Waals surface area (Å²) in [6, 6.07) is 3.19. The van der Waals surface area contributed by atoms with Gasteiger partial charge in [-0.25, -0.2) is 4.98 Å². The number of nitrogens with one attached hydrogen (secondary N) is 1. The Balaban J connectivity index is 1.50.